The van der Waals surface area contributed by atoms with E-state index in [-0.39, 0.29) is 24.4 Å². The van der Waals surface area contributed by atoms with Crippen LogP contribution in [-0.4, -0.2) is 21.0 Å². The van der Waals surface area contributed by atoms with Gasteiger partial charge in [-0.15, -0.1) is 12.4 Å². The Kier molecular flexibility index (Phi) is 6.48. The summed E-state index contributed by atoms with van der Waals surface area (Å²) >= 11 is 0. The molecule has 0 bridgehead atoms. The summed E-state index contributed by atoms with van der Waals surface area (Å²) in [4.78, 5) is 0.412. The van der Waals surface area contributed by atoms with Gasteiger partial charge in [0.15, 0.2) is 0 Å². The first-order valence-corrected chi connectivity index (χ1v) is 9.92. The van der Waals surface area contributed by atoms with Crippen molar-refractivity contribution in [3.63, 3.8) is 0 Å². The summed E-state index contributed by atoms with van der Waals surface area (Å²) in [6.07, 6.45) is 8.57. The van der Waals surface area contributed by atoms with Crippen molar-refractivity contribution in [2.24, 2.45) is 11.7 Å². The van der Waals surface area contributed by atoms with Crippen molar-refractivity contribution in [3.05, 3.63) is 29.3 Å². The molecule has 4 nitrogen and oxygen atoms in total. The number of rotatable bonds is 4. The van der Waals surface area contributed by atoms with Crippen LogP contribution in [0.5, 0.6) is 0 Å². The molecule has 1 fully saturated rings. The Morgan fingerprint density at radius 2 is 1.74 bits per heavy atom. The van der Waals surface area contributed by atoms with E-state index in [2.05, 4.69) is 4.72 Å². The van der Waals surface area contributed by atoms with Crippen molar-refractivity contribution in [2.75, 3.05) is 6.54 Å². The van der Waals surface area contributed by atoms with E-state index >= 15 is 0 Å². The van der Waals surface area contributed by atoms with E-state index in [4.69, 9.17) is 5.73 Å². The van der Waals surface area contributed by atoms with Gasteiger partial charge in [0.1, 0.15) is 0 Å². The third-order valence-electron chi connectivity index (χ3n) is 5.15. The lowest BCUT2D eigenvalue weighted by atomic mass is 9.85. The highest BCUT2D eigenvalue weighted by Gasteiger charge is 2.29. The molecule has 0 radical (unpaired) electrons. The van der Waals surface area contributed by atoms with Crippen LogP contribution in [0.2, 0.25) is 0 Å². The van der Waals surface area contributed by atoms with Crippen LogP contribution in [0.15, 0.2) is 23.1 Å². The van der Waals surface area contributed by atoms with Gasteiger partial charge in [0, 0.05) is 6.04 Å². The molecule has 3 N–H and O–H groups in total. The van der Waals surface area contributed by atoms with Gasteiger partial charge in [-0.1, -0.05) is 18.9 Å². The Balaban J connectivity index is 0.00000192. The molecule has 2 aliphatic rings. The van der Waals surface area contributed by atoms with Gasteiger partial charge < -0.3 is 5.73 Å². The van der Waals surface area contributed by atoms with Crippen molar-refractivity contribution >= 4 is 22.4 Å². The monoisotopic (exact) mass is 358 g/mol. The van der Waals surface area contributed by atoms with Gasteiger partial charge in [0.2, 0.25) is 10.0 Å². The zero-order valence-electron chi connectivity index (χ0n) is 13.5. The number of sulfonamides is 1. The zero-order valence-corrected chi connectivity index (χ0v) is 15.1. The van der Waals surface area contributed by atoms with Crippen molar-refractivity contribution in [3.8, 4) is 0 Å². The summed E-state index contributed by atoms with van der Waals surface area (Å²) in [6.45, 7) is 0.553. The van der Waals surface area contributed by atoms with E-state index in [1.165, 1.54) is 17.5 Å². The summed E-state index contributed by atoms with van der Waals surface area (Å²) in [6, 6.07) is 5.61. The van der Waals surface area contributed by atoms with Crippen LogP contribution in [0.3, 0.4) is 0 Å². The largest absolute Gasteiger partial charge is 0.330 e. The van der Waals surface area contributed by atoms with Crippen molar-refractivity contribution in [1.29, 1.82) is 0 Å². The fourth-order valence-corrected chi connectivity index (χ4v) is 5.18. The molecule has 0 aromatic heterocycles. The van der Waals surface area contributed by atoms with E-state index in [9.17, 15) is 8.42 Å². The predicted octanol–water partition coefficient (Wildman–Crippen LogP) is 2.78. The number of hydrogen-bond acceptors (Lipinski definition) is 3. The van der Waals surface area contributed by atoms with Crippen molar-refractivity contribution in [1.82, 2.24) is 4.72 Å². The Bertz CT molecular complexity index is 633. The molecule has 2 unspecified atom stereocenters. The number of nitrogens with two attached hydrogens (primary N) is 1. The molecule has 1 saturated carbocycles. The van der Waals surface area contributed by atoms with Gasteiger partial charge in [-0.25, -0.2) is 13.1 Å². The number of halogens is 1. The van der Waals surface area contributed by atoms with Gasteiger partial charge in [-0.3, -0.25) is 0 Å². The predicted molar refractivity (Wildman–Crippen MR) is 95.5 cm³/mol. The lowest BCUT2D eigenvalue weighted by Gasteiger charge is -2.31. The second-order valence-corrected chi connectivity index (χ2v) is 8.36. The minimum atomic E-state index is -3.44. The quantitative estimate of drug-likeness (QED) is 0.869. The van der Waals surface area contributed by atoms with Crippen LogP contribution in [0.25, 0.3) is 0 Å². The molecule has 0 spiro atoms. The normalized spacial score (nSPS) is 24.6. The summed E-state index contributed by atoms with van der Waals surface area (Å²) in [5, 5.41) is 0. The van der Waals surface area contributed by atoms with Crippen LogP contribution in [0.4, 0.5) is 0 Å². The lowest BCUT2D eigenvalue weighted by Crippen LogP contribution is -2.44. The standard InChI is InChI=1S/C17H26N2O2S.ClH/c18-12-15-7-3-4-8-17(15)19-22(20,21)16-10-9-13-5-1-2-6-14(13)11-16;/h9-11,15,17,19H,1-8,12,18H2;1H. The highest BCUT2D eigenvalue weighted by atomic mass is 35.5. The molecule has 130 valence electrons. The number of nitrogens with one attached hydrogen (secondary N) is 1. The third kappa shape index (κ3) is 4.27. The van der Waals surface area contributed by atoms with Gasteiger partial charge in [-0.05, 0) is 74.2 Å². The van der Waals surface area contributed by atoms with Crippen LogP contribution >= 0.6 is 12.4 Å². The number of aryl methyl sites for hydroxylation is 2. The first kappa shape index (κ1) is 18.7. The maximum atomic E-state index is 12.7. The minimum absolute atomic E-state index is 0. The van der Waals surface area contributed by atoms with Gasteiger partial charge >= 0.3 is 0 Å². The van der Waals surface area contributed by atoms with Crippen LogP contribution in [0.1, 0.15) is 49.7 Å². The molecule has 0 saturated heterocycles. The summed E-state index contributed by atoms with van der Waals surface area (Å²) < 4.78 is 28.3. The first-order chi connectivity index (χ1) is 10.6. The number of hydrogen-bond donors (Lipinski definition) is 2. The molecule has 1 aromatic rings. The van der Waals surface area contributed by atoms with Crippen LogP contribution in [-0.2, 0) is 22.9 Å². The summed E-state index contributed by atoms with van der Waals surface area (Å²) in [5.74, 6) is 0.265. The average molecular weight is 359 g/mol. The molecule has 0 aliphatic heterocycles. The van der Waals surface area contributed by atoms with Crippen molar-refractivity contribution in [2.45, 2.75) is 62.3 Å². The smallest absolute Gasteiger partial charge is 0.240 e. The minimum Gasteiger partial charge on any atom is -0.330 e. The average Bonchev–Trinajstić information content (AvgIpc) is 2.54. The lowest BCUT2D eigenvalue weighted by molar-refractivity contribution is 0.296. The van der Waals surface area contributed by atoms with E-state index in [1.54, 1.807) is 6.07 Å². The molecule has 1 aromatic carbocycles. The second-order valence-electron chi connectivity index (χ2n) is 6.65. The highest BCUT2D eigenvalue weighted by molar-refractivity contribution is 7.89. The molecule has 0 heterocycles. The van der Waals surface area contributed by atoms with E-state index in [1.807, 2.05) is 12.1 Å². The first-order valence-electron chi connectivity index (χ1n) is 8.44. The molecular formula is C17H27ClN2O2S. The maximum absolute atomic E-state index is 12.7. The molecule has 6 heteroatoms. The molecule has 0 amide bonds. The van der Waals surface area contributed by atoms with Crippen LogP contribution in [0, 0.1) is 5.92 Å². The summed E-state index contributed by atoms with van der Waals surface area (Å²) in [7, 11) is -3.44. The fourth-order valence-electron chi connectivity index (χ4n) is 3.79. The molecule has 2 aliphatic carbocycles. The fraction of sp³-hybridized carbons (Fsp3) is 0.647. The third-order valence-corrected chi connectivity index (χ3v) is 6.64. The van der Waals surface area contributed by atoms with Crippen LogP contribution < -0.4 is 10.5 Å². The topological polar surface area (TPSA) is 72.2 Å². The van der Waals surface area contributed by atoms with Gasteiger partial charge in [0.05, 0.1) is 4.90 Å². The zero-order chi connectivity index (χ0) is 15.6. The highest BCUT2D eigenvalue weighted by Crippen LogP contribution is 2.27. The Morgan fingerprint density at radius 1 is 1.04 bits per heavy atom. The van der Waals surface area contributed by atoms with Gasteiger partial charge in [-0.2, -0.15) is 0 Å². The van der Waals surface area contributed by atoms with Gasteiger partial charge in [0.25, 0.3) is 0 Å². The molecule has 2 atom stereocenters. The molecule has 23 heavy (non-hydrogen) atoms. The Hall–Kier alpha value is -0.620. The Labute approximate surface area is 145 Å². The van der Waals surface area contributed by atoms with E-state index < -0.39 is 10.0 Å². The van der Waals surface area contributed by atoms with E-state index in [0.717, 1.165) is 44.9 Å². The number of benzene rings is 1. The van der Waals surface area contributed by atoms with E-state index in [0.29, 0.717) is 11.4 Å². The van der Waals surface area contributed by atoms with Crippen molar-refractivity contribution < 1.29 is 8.42 Å². The maximum Gasteiger partial charge on any atom is 0.240 e. The number of fused-ring (bicyclic) bond motifs is 1. The Morgan fingerprint density at radius 3 is 2.48 bits per heavy atom. The molecule has 3 rings (SSSR count). The summed E-state index contributed by atoms with van der Waals surface area (Å²) in [5.41, 5.74) is 8.32. The SMILES string of the molecule is Cl.NCC1CCCCC1NS(=O)(=O)c1ccc2c(c1)CCCC2. The molecular weight excluding hydrogens is 332 g/mol. The second kappa shape index (κ2) is 7.97.